The van der Waals surface area contributed by atoms with Crippen LogP contribution in [0.15, 0.2) is 17.0 Å². The van der Waals surface area contributed by atoms with E-state index in [1.54, 1.807) is 0 Å². The van der Waals surface area contributed by atoms with Gasteiger partial charge >= 0.3 is 0 Å². The molecule has 1 heterocycles. The van der Waals surface area contributed by atoms with Crippen molar-refractivity contribution in [3.8, 4) is 0 Å². The minimum absolute atomic E-state index is 0.109. The number of nitro benzene ring substituents is 1. The molecule has 1 aliphatic rings. The minimum Gasteiger partial charge on any atom is -0.318 e. The van der Waals surface area contributed by atoms with Gasteiger partial charge in [-0.15, -0.1) is 0 Å². The van der Waals surface area contributed by atoms with Crippen molar-refractivity contribution in [2.24, 2.45) is 0 Å². The molecule has 2 rings (SSSR count). The number of anilines is 1. The number of hydrogen-bond acceptors (Lipinski definition) is 5. The topological polar surface area (TPSA) is 118 Å². The van der Waals surface area contributed by atoms with Gasteiger partial charge in [0.15, 0.2) is 0 Å². The highest BCUT2D eigenvalue weighted by molar-refractivity contribution is 7.89. The first-order chi connectivity index (χ1) is 8.31. The predicted molar refractivity (Wildman–Crippen MR) is 61.9 cm³/mol. The molecule has 1 aromatic rings. The molecule has 0 bridgehead atoms. The number of amides is 1. The van der Waals surface area contributed by atoms with Gasteiger partial charge in [0, 0.05) is 11.1 Å². The third-order valence-electron chi connectivity index (χ3n) is 2.22. The van der Waals surface area contributed by atoms with Crippen molar-refractivity contribution >= 4 is 38.9 Å². The quantitative estimate of drug-likeness (QED) is 0.576. The fraction of sp³-hybridized carbons (Fsp3) is 0.125. The molecule has 1 aliphatic heterocycles. The number of fused-ring (bicyclic) bond motifs is 1. The lowest BCUT2D eigenvalue weighted by Crippen LogP contribution is -2.28. The molecule has 18 heavy (non-hydrogen) atoms. The largest absolute Gasteiger partial charge is 0.318 e. The van der Waals surface area contributed by atoms with E-state index >= 15 is 0 Å². The van der Waals surface area contributed by atoms with Crippen LogP contribution in [-0.2, 0) is 14.8 Å². The molecule has 2 N–H and O–H groups in total. The Bertz CT molecular complexity index is 657. The van der Waals surface area contributed by atoms with E-state index in [-0.39, 0.29) is 10.7 Å². The van der Waals surface area contributed by atoms with Crippen molar-refractivity contribution in [3.05, 3.63) is 27.3 Å². The van der Waals surface area contributed by atoms with Crippen molar-refractivity contribution in [2.75, 3.05) is 11.9 Å². The normalized spacial score (nSPS) is 17.5. The molecule has 0 atom stereocenters. The van der Waals surface area contributed by atoms with Crippen LogP contribution in [0.3, 0.4) is 0 Å². The van der Waals surface area contributed by atoms with Crippen LogP contribution in [0.2, 0.25) is 5.02 Å². The lowest BCUT2D eigenvalue weighted by Gasteiger charge is -2.07. The maximum atomic E-state index is 11.8. The first kappa shape index (κ1) is 12.7. The summed E-state index contributed by atoms with van der Waals surface area (Å²) in [5, 5.41) is 12.9. The molecule has 0 radical (unpaired) electrons. The van der Waals surface area contributed by atoms with Gasteiger partial charge in [0.1, 0.15) is 10.6 Å². The number of carbonyl (C=O) groups excluding carboxylic acids is 1. The summed E-state index contributed by atoms with van der Waals surface area (Å²) in [6, 6.07) is 2.01. The van der Waals surface area contributed by atoms with E-state index in [0.717, 1.165) is 12.1 Å². The molecule has 1 aromatic carbocycles. The van der Waals surface area contributed by atoms with E-state index in [1.165, 1.54) is 0 Å². The van der Waals surface area contributed by atoms with Gasteiger partial charge in [0.2, 0.25) is 15.9 Å². The minimum atomic E-state index is -4.01. The number of sulfonamides is 1. The highest BCUT2D eigenvalue weighted by atomic mass is 35.5. The van der Waals surface area contributed by atoms with E-state index in [0.29, 0.717) is 0 Å². The SMILES string of the molecule is O=C1CNS(=O)(=O)c2cc(Cl)cc([N+](=O)[O-])c2N1. The number of carbonyl (C=O) groups is 1. The molecule has 0 fully saturated rings. The molecular formula is C8H6ClN3O5S. The molecule has 0 saturated heterocycles. The van der Waals surface area contributed by atoms with Crippen molar-refractivity contribution in [1.82, 2.24) is 4.72 Å². The summed E-state index contributed by atoms with van der Waals surface area (Å²) in [6.45, 7) is -0.494. The summed E-state index contributed by atoms with van der Waals surface area (Å²) in [5.41, 5.74) is -0.947. The van der Waals surface area contributed by atoms with E-state index in [9.17, 15) is 23.3 Å². The van der Waals surface area contributed by atoms with E-state index < -0.39 is 38.0 Å². The predicted octanol–water partition coefficient (Wildman–Crippen LogP) is 0.479. The number of benzene rings is 1. The fourth-order valence-electron chi connectivity index (χ4n) is 1.47. The Morgan fingerprint density at radius 1 is 1.39 bits per heavy atom. The molecular weight excluding hydrogens is 286 g/mol. The Morgan fingerprint density at radius 2 is 2.06 bits per heavy atom. The highest BCUT2D eigenvalue weighted by Crippen LogP contribution is 2.35. The number of nitrogens with one attached hydrogen (secondary N) is 2. The maximum absolute atomic E-state index is 11.8. The molecule has 0 saturated carbocycles. The highest BCUT2D eigenvalue weighted by Gasteiger charge is 2.31. The second kappa shape index (κ2) is 4.19. The van der Waals surface area contributed by atoms with Crippen molar-refractivity contribution in [2.45, 2.75) is 4.90 Å². The summed E-state index contributed by atoms with van der Waals surface area (Å²) < 4.78 is 25.6. The molecule has 0 unspecified atom stereocenters. The molecule has 96 valence electrons. The summed E-state index contributed by atoms with van der Waals surface area (Å²) >= 11 is 5.63. The number of nitrogens with zero attached hydrogens (tertiary/aromatic N) is 1. The number of halogens is 1. The van der Waals surface area contributed by atoms with E-state index in [1.807, 2.05) is 4.72 Å². The summed E-state index contributed by atoms with van der Waals surface area (Å²) in [7, 11) is -4.01. The Hall–Kier alpha value is -1.71. The second-order valence-corrected chi connectivity index (χ2v) is 5.60. The first-order valence-electron chi connectivity index (χ1n) is 4.59. The van der Waals surface area contributed by atoms with Gasteiger partial charge in [-0.2, -0.15) is 0 Å². The lowest BCUT2D eigenvalue weighted by molar-refractivity contribution is -0.384. The van der Waals surface area contributed by atoms with Crippen LogP contribution in [0.5, 0.6) is 0 Å². The fourth-order valence-corrected chi connectivity index (χ4v) is 2.93. The lowest BCUT2D eigenvalue weighted by atomic mass is 10.2. The van der Waals surface area contributed by atoms with Gasteiger partial charge in [-0.05, 0) is 6.07 Å². The molecule has 0 aliphatic carbocycles. The Kier molecular flexibility index (Phi) is 2.97. The van der Waals surface area contributed by atoms with E-state index in [2.05, 4.69) is 5.32 Å². The van der Waals surface area contributed by atoms with Gasteiger partial charge in [-0.3, -0.25) is 14.9 Å². The number of rotatable bonds is 1. The van der Waals surface area contributed by atoms with Crippen molar-refractivity contribution in [3.63, 3.8) is 0 Å². The summed E-state index contributed by atoms with van der Waals surface area (Å²) in [5.74, 6) is -0.692. The van der Waals surface area contributed by atoms with Crippen LogP contribution in [0.4, 0.5) is 11.4 Å². The molecule has 10 heteroatoms. The first-order valence-corrected chi connectivity index (χ1v) is 6.45. The molecule has 1 amide bonds. The number of nitro groups is 1. The average Bonchev–Trinajstić information content (AvgIpc) is 2.37. The van der Waals surface area contributed by atoms with Crippen LogP contribution < -0.4 is 10.0 Å². The Balaban J connectivity index is 2.81. The van der Waals surface area contributed by atoms with Gasteiger partial charge in [0.05, 0.1) is 11.5 Å². The Labute approximate surface area is 106 Å². The van der Waals surface area contributed by atoms with Gasteiger partial charge in [-0.1, -0.05) is 11.6 Å². The van der Waals surface area contributed by atoms with Crippen molar-refractivity contribution < 1.29 is 18.1 Å². The average molecular weight is 292 g/mol. The molecule has 0 spiro atoms. The third kappa shape index (κ3) is 2.15. The summed E-state index contributed by atoms with van der Waals surface area (Å²) in [4.78, 5) is 20.9. The Morgan fingerprint density at radius 3 is 2.67 bits per heavy atom. The molecule has 8 nitrogen and oxygen atoms in total. The van der Waals surface area contributed by atoms with Crippen LogP contribution >= 0.6 is 11.6 Å². The van der Waals surface area contributed by atoms with Crippen LogP contribution in [0.1, 0.15) is 0 Å². The third-order valence-corrected chi connectivity index (χ3v) is 3.86. The van der Waals surface area contributed by atoms with Gasteiger partial charge in [0.25, 0.3) is 5.69 Å². The van der Waals surface area contributed by atoms with Crippen LogP contribution in [0, 0.1) is 10.1 Å². The second-order valence-electron chi connectivity index (χ2n) is 3.43. The molecule has 0 aromatic heterocycles. The standard InChI is InChI=1S/C8H6ClN3O5S/c9-4-1-5(12(14)15)8-6(2-4)18(16,17)10-3-7(13)11-8/h1-2,10H,3H2,(H,11,13). The zero-order valence-corrected chi connectivity index (χ0v) is 10.2. The van der Waals surface area contributed by atoms with Crippen molar-refractivity contribution in [1.29, 1.82) is 0 Å². The van der Waals surface area contributed by atoms with E-state index in [4.69, 9.17) is 11.6 Å². The van der Waals surface area contributed by atoms with Crippen LogP contribution in [-0.4, -0.2) is 25.8 Å². The smallest absolute Gasteiger partial charge is 0.295 e. The number of hydrogen-bond donors (Lipinski definition) is 2. The van der Waals surface area contributed by atoms with Gasteiger partial charge in [-0.25, -0.2) is 13.1 Å². The van der Waals surface area contributed by atoms with Gasteiger partial charge < -0.3 is 5.32 Å². The maximum Gasteiger partial charge on any atom is 0.295 e. The summed E-state index contributed by atoms with van der Waals surface area (Å²) in [6.07, 6.45) is 0. The zero-order valence-electron chi connectivity index (χ0n) is 8.64. The van der Waals surface area contributed by atoms with Crippen LogP contribution in [0.25, 0.3) is 0 Å². The monoisotopic (exact) mass is 291 g/mol. The zero-order chi connectivity index (χ0) is 13.5.